The van der Waals surface area contributed by atoms with E-state index in [0.29, 0.717) is 24.4 Å². The molecule has 0 aromatic heterocycles. The lowest BCUT2D eigenvalue weighted by Crippen LogP contribution is -2.29. The highest BCUT2D eigenvalue weighted by molar-refractivity contribution is 7.89. The lowest BCUT2D eigenvalue weighted by molar-refractivity contribution is -0.120. The van der Waals surface area contributed by atoms with E-state index < -0.39 is 10.0 Å². The van der Waals surface area contributed by atoms with Crippen molar-refractivity contribution < 1.29 is 13.2 Å². The second kappa shape index (κ2) is 8.75. The third-order valence-corrected chi connectivity index (χ3v) is 6.23. The first-order chi connectivity index (χ1) is 13.3. The molecule has 0 atom stereocenters. The van der Waals surface area contributed by atoms with Crippen molar-refractivity contribution in [1.82, 2.24) is 10.1 Å². The Morgan fingerprint density at radius 2 is 1.68 bits per heavy atom. The quantitative estimate of drug-likeness (QED) is 0.563. The van der Waals surface area contributed by atoms with Crippen LogP contribution in [0.25, 0.3) is 0 Å². The van der Waals surface area contributed by atoms with Crippen LogP contribution in [-0.2, 0) is 21.2 Å². The second-order valence-corrected chi connectivity index (χ2v) is 9.20. The summed E-state index contributed by atoms with van der Waals surface area (Å²) in [6.07, 6.45) is 2.82. The number of carbonyl (C=O) groups excluding carboxylic acids is 1. The molecule has 0 bridgehead atoms. The number of anilines is 1. The molecule has 2 aromatic carbocycles. The molecule has 3 rings (SSSR count). The summed E-state index contributed by atoms with van der Waals surface area (Å²) in [6.45, 7) is 4.30. The first kappa shape index (κ1) is 20.4. The number of rotatable bonds is 9. The normalized spacial score (nSPS) is 14.1. The Bertz CT molecular complexity index is 903. The number of hydrogen-bond donors (Lipinski definition) is 3. The molecule has 0 heterocycles. The van der Waals surface area contributed by atoms with E-state index in [1.165, 1.54) is 17.7 Å². The number of amides is 1. The van der Waals surface area contributed by atoms with Gasteiger partial charge in [-0.25, -0.2) is 13.1 Å². The highest BCUT2D eigenvalue weighted by atomic mass is 32.2. The van der Waals surface area contributed by atoms with Crippen LogP contribution in [0.4, 0.5) is 5.69 Å². The third kappa shape index (κ3) is 5.81. The van der Waals surface area contributed by atoms with Gasteiger partial charge in [0.05, 0.1) is 10.6 Å². The number of benzene rings is 2. The number of sulfonamides is 1. The SMILES string of the molecule is CC(C)c1ccc(CCC(=O)NNc2ccc(S(=O)(=O)NC3CC3)cc2)cc1. The van der Waals surface area contributed by atoms with E-state index in [9.17, 15) is 13.2 Å². The molecule has 0 spiro atoms. The molecule has 2 aromatic rings. The minimum Gasteiger partial charge on any atom is -0.299 e. The highest BCUT2D eigenvalue weighted by Gasteiger charge is 2.27. The zero-order valence-electron chi connectivity index (χ0n) is 16.2. The summed E-state index contributed by atoms with van der Waals surface area (Å²) in [5.41, 5.74) is 8.50. The van der Waals surface area contributed by atoms with Crippen LogP contribution < -0.4 is 15.6 Å². The van der Waals surface area contributed by atoms with Crippen LogP contribution in [0.2, 0.25) is 0 Å². The third-order valence-electron chi connectivity index (χ3n) is 4.70. The molecule has 1 aliphatic carbocycles. The van der Waals surface area contributed by atoms with Crippen LogP contribution in [0.15, 0.2) is 53.4 Å². The molecular weight excluding hydrogens is 374 g/mol. The molecule has 1 amide bonds. The van der Waals surface area contributed by atoms with Gasteiger partial charge in [0.25, 0.3) is 0 Å². The maximum Gasteiger partial charge on any atom is 0.240 e. The summed E-state index contributed by atoms with van der Waals surface area (Å²) in [5.74, 6) is 0.368. The molecular formula is C21H27N3O3S. The first-order valence-corrected chi connectivity index (χ1v) is 11.1. The first-order valence-electron chi connectivity index (χ1n) is 9.59. The monoisotopic (exact) mass is 401 g/mol. The van der Waals surface area contributed by atoms with Gasteiger partial charge < -0.3 is 0 Å². The van der Waals surface area contributed by atoms with E-state index in [1.54, 1.807) is 12.1 Å². The summed E-state index contributed by atoms with van der Waals surface area (Å²) < 4.78 is 26.9. The van der Waals surface area contributed by atoms with Crippen molar-refractivity contribution in [2.45, 2.75) is 56.4 Å². The predicted molar refractivity (Wildman–Crippen MR) is 110 cm³/mol. The van der Waals surface area contributed by atoms with Crippen LogP contribution in [0.5, 0.6) is 0 Å². The van der Waals surface area contributed by atoms with Crippen molar-refractivity contribution in [2.24, 2.45) is 0 Å². The molecule has 1 fully saturated rings. The smallest absolute Gasteiger partial charge is 0.240 e. The van der Waals surface area contributed by atoms with Gasteiger partial charge in [-0.1, -0.05) is 38.1 Å². The van der Waals surface area contributed by atoms with E-state index in [1.807, 2.05) is 0 Å². The van der Waals surface area contributed by atoms with Gasteiger partial charge in [-0.2, -0.15) is 0 Å². The van der Waals surface area contributed by atoms with Crippen LogP contribution in [0, 0.1) is 0 Å². The highest BCUT2D eigenvalue weighted by Crippen LogP contribution is 2.22. The Labute approximate surface area is 166 Å². The molecule has 150 valence electrons. The van der Waals surface area contributed by atoms with E-state index in [0.717, 1.165) is 18.4 Å². The largest absolute Gasteiger partial charge is 0.299 e. The fourth-order valence-corrected chi connectivity index (χ4v) is 4.04. The van der Waals surface area contributed by atoms with Gasteiger partial charge in [0.2, 0.25) is 15.9 Å². The molecule has 1 aliphatic rings. The Morgan fingerprint density at radius 3 is 2.25 bits per heavy atom. The maximum absolute atomic E-state index is 12.1. The van der Waals surface area contributed by atoms with Crippen LogP contribution in [0.3, 0.4) is 0 Å². The molecule has 6 nitrogen and oxygen atoms in total. The van der Waals surface area contributed by atoms with E-state index in [2.05, 4.69) is 53.7 Å². The number of hydrogen-bond acceptors (Lipinski definition) is 4. The van der Waals surface area contributed by atoms with Gasteiger partial charge in [-0.15, -0.1) is 0 Å². The standard InChI is InChI=1S/C21H27N3O3S/c1-15(2)17-6-3-16(4-7-17)5-14-21(25)23-22-18-10-12-20(13-11-18)28(26,27)24-19-8-9-19/h3-4,6-7,10-13,15,19,22,24H,5,8-9,14H2,1-2H3,(H,23,25). The summed E-state index contributed by atoms with van der Waals surface area (Å²) in [6, 6.07) is 14.7. The number of hydrazine groups is 1. The number of aryl methyl sites for hydroxylation is 1. The number of carbonyl (C=O) groups is 1. The van der Waals surface area contributed by atoms with Crippen LogP contribution in [0.1, 0.15) is 50.2 Å². The zero-order valence-corrected chi connectivity index (χ0v) is 17.1. The van der Waals surface area contributed by atoms with Crippen molar-refractivity contribution in [3.8, 4) is 0 Å². The Balaban J connectivity index is 1.45. The molecule has 0 unspecified atom stereocenters. The van der Waals surface area contributed by atoms with Gasteiger partial charge in [-0.05, 0) is 60.6 Å². The van der Waals surface area contributed by atoms with Gasteiger partial charge in [0, 0.05) is 12.5 Å². The van der Waals surface area contributed by atoms with Crippen molar-refractivity contribution in [3.63, 3.8) is 0 Å². The van der Waals surface area contributed by atoms with E-state index >= 15 is 0 Å². The summed E-state index contributed by atoms with van der Waals surface area (Å²) in [4.78, 5) is 12.3. The lowest BCUT2D eigenvalue weighted by Gasteiger charge is -2.10. The minimum atomic E-state index is -3.46. The van der Waals surface area contributed by atoms with Crippen molar-refractivity contribution in [3.05, 3.63) is 59.7 Å². The zero-order chi connectivity index (χ0) is 20.1. The topological polar surface area (TPSA) is 87.3 Å². The average Bonchev–Trinajstić information content (AvgIpc) is 3.48. The predicted octanol–water partition coefficient (Wildman–Crippen LogP) is 3.33. The molecule has 7 heteroatoms. The maximum atomic E-state index is 12.1. The fourth-order valence-electron chi connectivity index (χ4n) is 2.74. The Kier molecular flexibility index (Phi) is 6.36. The fraction of sp³-hybridized carbons (Fsp3) is 0.381. The average molecular weight is 402 g/mol. The molecule has 1 saturated carbocycles. The van der Waals surface area contributed by atoms with Gasteiger partial charge in [-0.3, -0.25) is 15.6 Å². The Morgan fingerprint density at radius 1 is 1.04 bits per heavy atom. The van der Waals surface area contributed by atoms with Gasteiger partial charge >= 0.3 is 0 Å². The molecule has 28 heavy (non-hydrogen) atoms. The van der Waals surface area contributed by atoms with Crippen LogP contribution in [-0.4, -0.2) is 20.4 Å². The minimum absolute atomic E-state index is 0.0728. The van der Waals surface area contributed by atoms with Gasteiger partial charge in [0.1, 0.15) is 0 Å². The summed E-state index contributed by atoms with van der Waals surface area (Å²) in [5, 5.41) is 0. The van der Waals surface area contributed by atoms with Crippen molar-refractivity contribution >= 4 is 21.6 Å². The lowest BCUT2D eigenvalue weighted by atomic mass is 10.0. The Hall–Kier alpha value is -2.38. The molecule has 3 N–H and O–H groups in total. The van der Waals surface area contributed by atoms with Crippen LogP contribution >= 0.6 is 0 Å². The van der Waals surface area contributed by atoms with Crippen molar-refractivity contribution in [2.75, 3.05) is 5.43 Å². The number of nitrogens with one attached hydrogen (secondary N) is 3. The van der Waals surface area contributed by atoms with E-state index in [4.69, 9.17) is 0 Å². The summed E-state index contributed by atoms with van der Waals surface area (Å²) in [7, 11) is -3.46. The van der Waals surface area contributed by atoms with E-state index in [-0.39, 0.29) is 16.8 Å². The molecule has 0 radical (unpaired) electrons. The molecule has 0 aliphatic heterocycles. The second-order valence-electron chi connectivity index (χ2n) is 7.49. The van der Waals surface area contributed by atoms with Crippen molar-refractivity contribution in [1.29, 1.82) is 0 Å². The molecule has 0 saturated heterocycles. The summed E-state index contributed by atoms with van der Waals surface area (Å²) >= 11 is 0. The van der Waals surface area contributed by atoms with Gasteiger partial charge in [0.15, 0.2) is 0 Å².